The van der Waals surface area contributed by atoms with Crippen molar-refractivity contribution >= 4 is 30.9 Å². The van der Waals surface area contributed by atoms with Crippen LogP contribution in [0.15, 0.2) is 72.2 Å². The number of hydrogen-bond donors (Lipinski definition) is 1. The topological polar surface area (TPSA) is 66.0 Å². The maximum absolute atomic E-state index is 12.9. The van der Waals surface area contributed by atoms with Gasteiger partial charge in [-0.2, -0.15) is 0 Å². The minimum Gasteiger partial charge on any atom is -0.496 e. The first kappa shape index (κ1) is 27.3. The summed E-state index contributed by atoms with van der Waals surface area (Å²) in [7, 11) is 0.927. The molecule has 39 heavy (non-hydrogen) atoms. The maximum atomic E-state index is 12.9. The van der Waals surface area contributed by atoms with E-state index in [1.807, 2.05) is 64.1 Å². The zero-order chi connectivity index (χ0) is 27.8. The molecule has 1 amide bonds. The quantitative estimate of drug-likeness (QED) is 0.327. The smallest absolute Gasteiger partial charge is 0.492 e. The lowest BCUT2D eigenvalue weighted by atomic mass is 9.77. The average molecular weight is 546 g/mol. The van der Waals surface area contributed by atoms with Crippen molar-refractivity contribution in [3.05, 3.63) is 93.9 Å². The van der Waals surface area contributed by atoms with Crippen LogP contribution in [0.25, 0.3) is 17.2 Å². The second-order valence-electron chi connectivity index (χ2n) is 10.9. The second-order valence-corrected chi connectivity index (χ2v) is 11.3. The van der Waals surface area contributed by atoms with E-state index >= 15 is 0 Å². The highest BCUT2D eigenvalue weighted by Crippen LogP contribution is 2.44. The molecule has 5 rings (SSSR count). The van der Waals surface area contributed by atoms with Crippen molar-refractivity contribution in [2.45, 2.75) is 44.8 Å². The Morgan fingerprint density at radius 1 is 0.974 bits per heavy atom. The number of benzene rings is 3. The Kier molecular flexibility index (Phi) is 7.51. The number of amides is 1. The van der Waals surface area contributed by atoms with Gasteiger partial charge < -0.3 is 24.1 Å². The van der Waals surface area contributed by atoms with Crippen molar-refractivity contribution in [1.82, 2.24) is 5.32 Å². The van der Waals surface area contributed by atoms with Crippen molar-refractivity contribution in [2.24, 2.45) is 0 Å². The predicted octanol–water partition coefficient (Wildman–Crippen LogP) is 6.90. The molecule has 1 N–H and O–H groups in total. The molecule has 3 aromatic rings. The molecule has 1 saturated heterocycles. The predicted molar refractivity (Wildman–Crippen MR) is 155 cm³/mol. The Labute approximate surface area is 235 Å². The van der Waals surface area contributed by atoms with Crippen LogP contribution in [0.3, 0.4) is 0 Å². The lowest BCUT2D eigenvalue weighted by Gasteiger charge is -2.32. The van der Waals surface area contributed by atoms with E-state index in [2.05, 4.69) is 29.6 Å². The van der Waals surface area contributed by atoms with E-state index in [9.17, 15) is 4.79 Å². The molecule has 0 radical (unpaired) electrons. The van der Waals surface area contributed by atoms with E-state index in [1.54, 1.807) is 19.2 Å². The summed E-state index contributed by atoms with van der Waals surface area (Å²) in [6.07, 6.45) is 1.39. The summed E-state index contributed by atoms with van der Waals surface area (Å²) in [6, 6.07) is 21.9. The molecule has 0 saturated carbocycles. The molecular formula is C31H33BClNO5. The van der Waals surface area contributed by atoms with E-state index in [1.165, 1.54) is 22.3 Å². The van der Waals surface area contributed by atoms with Crippen LogP contribution in [0.5, 0.6) is 5.75 Å². The summed E-state index contributed by atoms with van der Waals surface area (Å²) < 4.78 is 23.9. The highest BCUT2D eigenvalue weighted by atomic mass is 35.5. The second kappa shape index (κ2) is 10.7. The Balaban J connectivity index is 1.32. The number of alkyl carbamates (subject to hydrolysis) is 1. The molecule has 0 unspecified atom stereocenters. The Hall–Kier alpha value is -3.26. The van der Waals surface area contributed by atoms with Crippen molar-refractivity contribution in [1.29, 1.82) is 0 Å². The minimum atomic E-state index is -0.663. The number of rotatable bonds is 7. The largest absolute Gasteiger partial charge is 0.496 e. The van der Waals surface area contributed by atoms with E-state index in [0.717, 1.165) is 11.0 Å². The third kappa shape index (κ3) is 5.44. The lowest BCUT2D eigenvalue weighted by Crippen LogP contribution is -2.41. The maximum Gasteiger partial charge on any atom is 0.492 e. The number of methoxy groups -OCH3 is 1. The summed E-state index contributed by atoms with van der Waals surface area (Å²) in [5, 5.41) is 3.47. The lowest BCUT2D eigenvalue weighted by molar-refractivity contribution is 0.00578. The Morgan fingerprint density at radius 2 is 1.56 bits per heavy atom. The standard InChI is InChI=1S/C31H33BClNO5/c1-30(2)31(3,4)39-32(38-30)21(16-20-14-15-22(33)17-28(20)36-5)18-34-29(35)37-19-27-25-12-8-6-10-23(25)24-11-7-9-13-26(24)27/h6-17,27H,18-19H2,1-5H3,(H,34,35). The van der Waals surface area contributed by atoms with Crippen LogP contribution < -0.4 is 10.1 Å². The summed E-state index contributed by atoms with van der Waals surface area (Å²) in [4.78, 5) is 12.9. The highest BCUT2D eigenvalue weighted by Gasteiger charge is 2.52. The molecule has 0 atom stereocenters. The summed E-state index contributed by atoms with van der Waals surface area (Å²) >= 11 is 6.16. The first-order chi connectivity index (χ1) is 18.6. The van der Waals surface area contributed by atoms with Gasteiger partial charge in [-0.1, -0.05) is 66.2 Å². The third-order valence-electron chi connectivity index (χ3n) is 7.87. The summed E-state index contributed by atoms with van der Waals surface area (Å²) in [5.74, 6) is 0.595. The molecule has 8 heteroatoms. The van der Waals surface area contributed by atoms with Crippen LogP contribution in [-0.4, -0.2) is 44.7 Å². The van der Waals surface area contributed by atoms with Gasteiger partial charge in [0.05, 0.1) is 18.3 Å². The molecule has 0 aromatic heterocycles. The molecule has 1 aliphatic heterocycles. The minimum absolute atomic E-state index is 0.0143. The first-order valence-electron chi connectivity index (χ1n) is 13.1. The number of hydrogen-bond acceptors (Lipinski definition) is 5. The van der Waals surface area contributed by atoms with E-state index < -0.39 is 24.4 Å². The molecule has 6 nitrogen and oxygen atoms in total. The van der Waals surface area contributed by atoms with E-state index in [4.69, 9.17) is 30.4 Å². The highest BCUT2D eigenvalue weighted by molar-refractivity contribution is 6.56. The van der Waals surface area contributed by atoms with Crippen molar-refractivity contribution < 1.29 is 23.6 Å². The van der Waals surface area contributed by atoms with Crippen LogP contribution >= 0.6 is 11.6 Å². The van der Waals surface area contributed by atoms with Crippen molar-refractivity contribution in [3.8, 4) is 16.9 Å². The van der Waals surface area contributed by atoms with Gasteiger partial charge in [0.25, 0.3) is 0 Å². The van der Waals surface area contributed by atoms with Gasteiger partial charge in [-0.05, 0) is 73.6 Å². The molecule has 1 aliphatic carbocycles. The SMILES string of the molecule is COc1cc(Cl)ccc1C=C(CNC(=O)OCC1c2ccccc2-c2ccccc21)B1OC(C)(C)C(C)(C)O1. The fraction of sp³-hybridized carbons (Fsp3) is 0.323. The summed E-state index contributed by atoms with van der Waals surface area (Å²) in [5.41, 5.74) is 5.15. The van der Waals surface area contributed by atoms with Gasteiger partial charge in [0.2, 0.25) is 0 Å². The van der Waals surface area contributed by atoms with Gasteiger partial charge in [0.15, 0.2) is 0 Å². The van der Waals surface area contributed by atoms with Crippen LogP contribution in [0, 0.1) is 0 Å². The molecule has 2 aliphatic rings. The van der Waals surface area contributed by atoms with Gasteiger partial charge in [0.1, 0.15) is 12.4 Å². The molecular weight excluding hydrogens is 513 g/mol. The van der Waals surface area contributed by atoms with Crippen LogP contribution in [0.1, 0.15) is 50.3 Å². The summed E-state index contributed by atoms with van der Waals surface area (Å²) in [6.45, 7) is 8.37. The van der Waals surface area contributed by atoms with Gasteiger partial charge in [-0.25, -0.2) is 4.79 Å². The molecule has 0 spiro atoms. The monoisotopic (exact) mass is 545 g/mol. The number of carbonyl (C=O) groups is 1. The van der Waals surface area contributed by atoms with Crippen LogP contribution in [0.4, 0.5) is 4.79 Å². The van der Waals surface area contributed by atoms with Gasteiger partial charge >= 0.3 is 13.2 Å². The van der Waals surface area contributed by atoms with Gasteiger partial charge in [-0.3, -0.25) is 0 Å². The Bertz CT molecular complexity index is 1360. The molecule has 1 fully saturated rings. The number of fused-ring (bicyclic) bond motifs is 3. The van der Waals surface area contributed by atoms with Crippen molar-refractivity contribution in [2.75, 3.05) is 20.3 Å². The average Bonchev–Trinajstić information content (AvgIpc) is 3.34. The normalized spacial score (nSPS) is 17.5. The van der Waals surface area contributed by atoms with Gasteiger partial charge in [0, 0.05) is 23.0 Å². The number of ether oxygens (including phenoxy) is 2. The first-order valence-corrected chi connectivity index (χ1v) is 13.5. The number of nitrogens with one attached hydrogen (secondary N) is 1. The number of halogens is 1. The third-order valence-corrected chi connectivity index (χ3v) is 8.11. The van der Waals surface area contributed by atoms with E-state index in [0.29, 0.717) is 10.8 Å². The zero-order valence-corrected chi connectivity index (χ0v) is 23.7. The van der Waals surface area contributed by atoms with Crippen LogP contribution in [0.2, 0.25) is 5.02 Å². The fourth-order valence-corrected chi connectivity index (χ4v) is 5.19. The molecule has 202 valence electrons. The van der Waals surface area contributed by atoms with Gasteiger partial charge in [-0.15, -0.1) is 0 Å². The fourth-order valence-electron chi connectivity index (χ4n) is 5.02. The number of carbonyl (C=O) groups excluding carboxylic acids is 1. The molecule has 1 heterocycles. The van der Waals surface area contributed by atoms with Crippen LogP contribution in [-0.2, 0) is 14.0 Å². The molecule has 3 aromatic carbocycles. The van der Waals surface area contributed by atoms with Crippen molar-refractivity contribution in [3.63, 3.8) is 0 Å². The van der Waals surface area contributed by atoms with E-state index in [-0.39, 0.29) is 19.1 Å². The molecule has 0 bridgehead atoms. The Morgan fingerprint density at radius 3 is 2.15 bits per heavy atom. The zero-order valence-electron chi connectivity index (χ0n) is 22.9.